The first kappa shape index (κ1) is 18.4. The van der Waals surface area contributed by atoms with Crippen molar-refractivity contribution in [3.63, 3.8) is 0 Å². The summed E-state index contributed by atoms with van der Waals surface area (Å²) in [6.07, 6.45) is 3.23. The van der Waals surface area contributed by atoms with Gasteiger partial charge in [-0.2, -0.15) is 0 Å². The highest BCUT2D eigenvalue weighted by atomic mass is 16.3. The van der Waals surface area contributed by atoms with Gasteiger partial charge in [-0.25, -0.2) is 4.98 Å². The van der Waals surface area contributed by atoms with Crippen molar-refractivity contribution in [2.45, 2.75) is 44.4 Å². The van der Waals surface area contributed by atoms with E-state index in [-0.39, 0.29) is 18.1 Å². The highest BCUT2D eigenvalue weighted by Gasteiger charge is 2.20. The lowest BCUT2D eigenvalue weighted by molar-refractivity contribution is 0.0952. The molecule has 2 aromatic carbocycles. The first-order valence-electron chi connectivity index (χ1n) is 9.85. The van der Waals surface area contributed by atoms with Crippen LogP contribution in [0.3, 0.4) is 0 Å². The van der Waals surface area contributed by atoms with Crippen LogP contribution in [0.4, 0.5) is 5.82 Å². The molecule has 0 bridgehead atoms. The Morgan fingerprint density at radius 1 is 1.00 bits per heavy atom. The summed E-state index contributed by atoms with van der Waals surface area (Å²) in [5.41, 5.74) is 2.49. The first-order valence-corrected chi connectivity index (χ1v) is 9.85. The van der Waals surface area contributed by atoms with Crippen LogP contribution in [-0.4, -0.2) is 28.1 Å². The molecule has 1 saturated carbocycles. The molecule has 144 valence electrons. The Kier molecular flexibility index (Phi) is 5.53. The van der Waals surface area contributed by atoms with Crippen molar-refractivity contribution in [3.8, 4) is 0 Å². The maximum Gasteiger partial charge on any atom is 0.252 e. The fourth-order valence-electron chi connectivity index (χ4n) is 3.74. The van der Waals surface area contributed by atoms with Gasteiger partial charge >= 0.3 is 0 Å². The summed E-state index contributed by atoms with van der Waals surface area (Å²) in [7, 11) is 0. The fraction of sp³-hybridized carbons (Fsp3) is 0.304. The topological polar surface area (TPSA) is 74.2 Å². The molecule has 1 aromatic heterocycles. The number of fused-ring (bicyclic) bond motifs is 1. The third kappa shape index (κ3) is 4.31. The molecule has 3 aromatic rings. The zero-order valence-corrected chi connectivity index (χ0v) is 15.8. The monoisotopic (exact) mass is 375 g/mol. The number of hydrogen-bond donors (Lipinski definition) is 3. The van der Waals surface area contributed by atoms with Crippen molar-refractivity contribution < 1.29 is 9.90 Å². The van der Waals surface area contributed by atoms with Gasteiger partial charge in [0.05, 0.1) is 17.2 Å². The number of benzene rings is 2. The minimum Gasteiger partial charge on any atom is -0.393 e. The van der Waals surface area contributed by atoms with E-state index in [0.717, 1.165) is 42.1 Å². The Balaban J connectivity index is 1.56. The normalized spacial score (nSPS) is 19.3. The van der Waals surface area contributed by atoms with E-state index in [1.54, 1.807) is 0 Å². The molecule has 1 aliphatic carbocycles. The molecule has 1 fully saturated rings. The zero-order chi connectivity index (χ0) is 19.3. The lowest BCUT2D eigenvalue weighted by Gasteiger charge is -2.26. The van der Waals surface area contributed by atoms with Gasteiger partial charge in [-0.05, 0) is 43.4 Å². The van der Waals surface area contributed by atoms with Gasteiger partial charge in [0.25, 0.3) is 5.91 Å². The maximum absolute atomic E-state index is 12.9. The first-order chi connectivity index (χ1) is 13.7. The van der Waals surface area contributed by atoms with E-state index < -0.39 is 0 Å². The molecular formula is C23H25N3O2. The number of amides is 1. The Bertz CT molecular complexity index is 950. The number of aliphatic hydroxyl groups is 1. The molecule has 0 atom stereocenters. The van der Waals surface area contributed by atoms with Crippen LogP contribution < -0.4 is 10.6 Å². The Labute approximate surface area is 164 Å². The van der Waals surface area contributed by atoms with Crippen LogP contribution in [-0.2, 0) is 6.54 Å². The summed E-state index contributed by atoms with van der Waals surface area (Å²) in [6, 6.07) is 19.7. The standard InChI is InChI=1S/C23H25N3O2/c27-18-12-10-17(11-13-18)25-22-14-20(19-8-4-5-9-21(19)26-22)23(28)24-15-16-6-2-1-3-7-16/h1-9,14,17-18,27H,10-13,15H2,(H,24,28)(H,25,26). The molecule has 1 heterocycles. The molecule has 5 heteroatoms. The summed E-state index contributed by atoms with van der Waals surface area (Å²) in [5.74, 6) is 0.606. The molecule has 0 saturated heterocycles. The van der Waals surface area contributed by atoms with E-state index >= 15 is 0 Å². The fourth-order valence-corrected chi connectivity index (χ4v) is 3.74. The van der Waals surface area contributed by atoms with E-state index in [4.69, 9.17) is 4.98 Å². The summed E-state index contributed by atoms with van der Waals surface area (Å²) in [5, 5.41) is 17.0. The molecule has 0 aliphatic heterocycles. The van der Waals surface area contributed by atoms with Crippen molar-refractivity contribution in [3.05, 3.63) is 71.8 Å². The molecule has 3 N–H and O–H groups in total. The van der Waals surface area contributed by atoms with Crippen LogP contribution in [0.5, 0.6) is 0 Å². The van der Waals surface area contributed by atoms with Gasteiger partial charge in [-0.1, -0.05) is 48.5 Å². The van der Waals surface area contributed by atoms with Gasteiger partial charge in [-0.15, -0.1) is 0 Å². The van der Waals surface area contributed by atoms with Crippen LogP contribution in [0, 0.1) is 0 Å². The summed E-state index contributed by atoms with van der Waals surface area (Å²) in [6.45, 7) is 0.486. The molecule has 28 heavy (non-hydrogen) atoms. The van der Waals surface area contributed by atoms with Crippen molar-refractivity contribution in [1.82, 2.24) is 10.3 Å². The van der Waals surface area contributed by atoms with Crippen molar-refractivity contribution in [2.75, 3.05) is 5.32 Å². The molecule has 5 nitrogen and oxygen atoms in total. The van der Waals surface area contributed by atoms with Gasteiger partial charge in [0.2, 0.25) is 0 Å². The number of aromatic nitrogens is 1. The van der Waals surface area contributed by atoms with Crippen molar-refractivity contribution in [2.24, 2.45) is 0 Å². The van der Waals surface area contributed by atoms with Crippen LogP contribution in [0.15, 0.2) is 60.7 Å². The van der Waals surface area contributed by atoms with E-state index in [1.807, 2.05) is 60.7 Å². The summed E-state index contributed by atoms with van der Waals surface area (Å²) in [4.78, 5) is 17.6. The van der Waals surface area contributed by atoms with Gasteiger partial charge < -0.3 is 15.7 Å². The molecule has 0 unspecified atom stereocenters. The second-order valence-corrected chi connectivity index (χ2v) is 7.39. The second kappa shape index (κ2) is 8.40. The minimum atomic E-state index is -0.193. The van der Waals surface area contributed by atoms with Gasteiger partial charge in [0, 0.05) is 18.0 Å². The number of nitrogens with zero attached hydrogens (tertiary/aromatic N) is 1. The molecule has 0 spiro atoms. The van der Waals surface area contributed by atoms with Crippen molar-refractivity contribution >= 4 is 22.6 Å². The summed E-state index contributed by atoms with van der Waals surface area (Å²) < 4.78 is 0. The van der Waals surface area contributed by atoms with Crippen LogP contribution >= 0.6 is 0 Å². The van der Waals surface area contributed by atoms with Gasteiger partial charge in [0.1, 0.15) is 5.82 Å². The molecule has 4 rings (SSSR count). The Hall–Kier alpha value is -2.92. The third-order valence-electron chi connectivity index (χ3n) is 5.31. The zero-order valence-electron chi connectivity index (χ0n) is 15.8. The number of carbonyl (C=O) groups excluding carboxylic acids is 1. The lowest BCUT2D eigenvalue weighted by Crippen LogP contribution is -2.29. The van der Waals surface area contributed by atoms with Crippen LogP contribution in [0.1, 0.15) is 41.6 Å². The molecule has 1 amide bonds. The molecule has 1 aliphatic rings. The quantitative estimate of drug-likeness (QED) is 0.633. The maximum atomic E-state index is 12.9. The van der Waals surface area contributed by atoms with Crippen LogP contribution in [0.25, 0.3) is 10.9 Å². The van der Waals surface area contributed by atoms with E-state index in [9.17, 15) is 9.90 Å². The van der Waals surface area contributed by atoms with Crippen LogP contribution in [0.2, 0.25) is 0 Å². The van der Waals surface area contributed by atoms with E-state index in [1.165, 1.54) is 0 Å². The predicted octanol–water partition coefficient (Wildman–Crippen LogP) is 3.88. The summed E-state index contributed by atoms with van der Waals surface area (Å²) >= 11 is 0. The number of rotatable bonds is 5. The second-order valence-electron chi connectivity index (χ2n) is 7.39. The lowest BCUT2D eigenvalue weighted by atomic mass is 9.93. The number of pyridine rings is 1. The van der Waals surface area contributed by atoms with E-state index in [0.29, 0.717) is 17.9 Å². The average Bonchev–Trinajstić information content (AvgIpc) is 2.74. The highest BCUT2D eigenvalue weighted by Crippen LogP contribution is 2.25. The highest BCUT2D eigenvalue weighted by molar-refractivity contribution is 6.06. The largest absolute Gasteiger partial charge is 0.393 e. The number of para-hydroxylation sites is 1. The van der Waals surface area contributed by atoms with E-state index in [2.05, 4.69) is 10.6 Å². The average molecular weight is 375 g/mol. The van der Waals surface area contributed by atoms with Crippen molar-refractivity contribution in [1.29, 1.82) is 0 Å². The molecular weight excluding hydrogens is 350 g/mol. The predicted molar refractivity (Wildman–Crippen MR) is 111 cm³/mol. The third-order valence-corrected chi connectivity index (χ3v) is 5.31. The van der Waals surface area contributed by atoms with Gasteiger partial charge in [-0.3, -0.25) is 4.79 Å². The SMILES string of the molecule is O=C(NCc1ccccc1)c1cc(NC2CCC(O)CC2)nc2ccccc12. The Morgan fingerprint density at radius 2 is 1.71 bits per heavy atom. The number of anilines is 1. The minimum absolute atomic E-state index is 0.107. The molecule has 0 radical (unpaired) electrons. The number of carbonyl (C=O) groups is 1. The number of nitrogens with one attached hydrogen (secondary N) is 2. The smallest absolute Gasteiger partial charge is 0.252 e. The number of aliphatic hydroxyl groups excluding tert-OH is 1. The van der Waals surface area contributed by atoms with Gasteiger partial charge in [0.15, 0.2) is 0 Å². The Morgan fingerprint density at radius 3 is 2.50 bits per heavy atom. The number of hydrogen-bond acceptors (Lipinski definition) is 4.